The van der Waals surface area contributed by atoms with Gasteiger partial charge in [0.05, 0.1) is 22.6 Å². The Morgan fingerprint density at radius 1 is 0.933 bits per heavy atom. The van der Waals surface area contributed by atoms with E-state index in [9.17, 15) is 19.7 Å². The highest BCUT2D eigenvalue weighted by Gasteiger charge is 2.62. The third-order valence-electron chi connectivity index (χ3n) is 6.00. The number of imide groups is 1. The third-order valence-corrected chi connectivity index (χ3v) is 6.57. The minimum atomic E-state index is -0.629. The first-order valence-corrected chi connectivity index (χ1v) is 10.2. The van der Waals surface area contributed by atoms with Gasteiger partial charge in [0.2, 0.25) is 5.91 Å². The molecular weight excluding hydrogens is 431 g/mol. The second-order valence-corrected chi connectivity index (χ2v) is 8.40. The summed E-state index contributed by atoms with van der Waals surface area (Å²) < 4.78 is 0. The van der Waals surface area contributed by atoms with Gasteiger partial charge in [0.25, 0.3) is 11.6 Å². The van der Waals surface area contributed by atoms with E-state index in [2.05, 4.69) is 5.01 Å². The molecule has 0 N–H and O–H groups in total. The zero-order valence-electron chi connectivity index (χ0n) is 15.6. The molecule has 3 saturated heterocycles. The summed E-state index contributed by atoms with van der Waals surface area (Å²) in [6.45, 7) is 1.44. The number of amides is 2. The molecule has 0 saturated carbocycles. The highest BCUT2D eigenvalue weighted by atomic mass is 35.5. The van der Waals surface area contributed by atoms with E-state index in [1.54, 1.807) is 12.1 Å². The summed E-state index contributed by atoms with van der Waals surface area (Å²) in [6, 6.07) is 10.3. The Hall–Kier alpha value is -2.52. The van der Waals surface area contributed by atoms with E-state index in [0.29, 0.717) is 11.6 Å². The molecule has 3 fully saturated rings. The summed E-state index contributed by atoms with van der Waals surface area (Å²) in [7, 11) is 0. The quantitative estimate of drug-likeness (QED) is 0.407. The number of rotatable bonds is 3. The van der Waals surface area contributed by atoms with Gasteiger partial charge in [-0.25, -0.2) is 14.9 Å². The largest absolute Gasteiger partial charge is 0.289 e. The van der Waals surface area contributed by atoms with Crippen molar-refractivity contribution < 1.29 is 14.5 Å². The maximum Gasteiger partial charge on any atom is 0.289 e. The molecule has 2 aromatic carbocycles. The molecule has 0 unspecified atom stereocenters. The van der Waals surface area contributed by atoms with Crippen LogP contribution in [-0.2, 0) is 9.59 Å². The number of anilines is 1. The summed E-state index contributed by atoms with van der Waals surface area (Å²) in [5.41, 5.74) is 0.726. The first-order valence-electron chi connectivity index (χ1n) is 9.49. The maximum atomic E-state index is 13.5. The van der Waals surface area contributed by atoms with E-state index in [1.807, 2.05) is 17.1 Å². The molecule has 8 nitrogen and oxygen atoms in total. The van der Waals surface area contributed by atoms with Crippen LogP contribution in [-0.4, -0.2) is 45.9 Å². The number of carbonyl (C=O) groups is 2. The SMILES string of the molecule is O=C1[C@@H]2[C@H](C(=O)N1c1ccc(Cl)c([N+](=O)[O-])c1)N1CCCN1[C@H]2c1ccc(Cl)cc1. The van der Waals surface area contributed by atoms with Gasteiger partial charge < -0.3 is 0 Å². The van der Waals surface area contributed by atoms with Gasteiger partial charge in [-0.2, -0.15) is 0 Å². The second kappa shape index (κ2) is 7.02. The molecule has 5 rings (SSSR count). The minimum Gasteiger partial charge on any atom is -0.274 e. The Bertz CT molecular complexity index is 1080. The topological polar surface area (TPSA) is 87.0 Å². The monoisotopic (exact) mass is 446 g/mol. The second-order valence-electron chi connectivity index (χ2n) is 7.55. The number of hydrazine groups is 1. The minimum absolute atomic E-state index is 0.0483. The summed E-state index contributed by atoms with van der Waals surface area (Å²) in [6.07, 6.45) is 0.890. The predicted molar refractivity (Wildman–Crippen MR) is 110 cm³/mol. The van der Waals surface area contributed by atoms with Crippen molar-refractivity contribution in [2.75, 3.05) is 18.0 Å². The lowest BCUT2D eigenvalue weighted by molar-refractivity contribution is -0.384. The summed E-state index contributed by atoms with van der Waals surface area (Å²) in [5.74, 6) is -1.34. The van der Waals surface area contributed by atoms with Crippen LogP contribution in [0.3, 0.4) is 0 Å². The van der Waals surface area contributed by atoms with E-state index in [1.165, 1.54) is 18.2 Å². The zero-order chi connectivity index (χ0) is 21.2. The molecule has 0 radical (unpaired) electrons. The van der Waals surface area contributed by atoms with Gasteiger partial charge >= 0.3 is 0 Å². The smallest absolute Gasteiger partial charge is 0.274 e. The van der Waals surface area contributed by atoms with Gasteiger partial charge in [0.1, 0.15) is 11.1 Å². The summed E-state index contributed by atoms with van der Waals surface area (Å²) >= 11 is 11.9. The number of nitro groups is 1. The van der Waals surface area contributed by atoms with E-state index in [4.69, 9.17) is 23.2 Å². The van der Waals surface area contributed by atoms with Gasteiger partial charge in [0.15, 0.2) is 0 Å². The number of carbonyl (C=O) groups excluding carboxylic acids is 2. The van der Waals surface area contributed by atoms with Crippen molar-refractivity contribution in [2.45, 2.75) is 18.5 Å². The van der Waals surface area contributed by atoms with Gasteiger partial charge in [-0.1, -0.05) is 35.3 Å². The molecule has 3 heterocycles. The van der Waals surface area contributed by atoms with Gasteiger partial charge in [0, 0.05) is 24.2 Å². The van der Waals surface area contributed by atoms with E-state index < -0.39 is 16.9 Å². The summed E-state index contributed by atoms with van der Waals surface area (Å²) in [4.78, 5) is 38.5. The third kappa shape index (κ3) is 2.75. The van der Waals surface area contributed by atoms with Crippen LogP contribution in [0.1, 0.15) is 18.0 Å². The van der Waals surface area contributed by atoms with Gasteiger partial charge in [-0.15, -0.1) is 0 Å². The van der Waals surface area contributed by atoms with Crippen LogP contribution in [0.15, 0.2) is 42.5 Å². The predicted octanol–water partition coefficient (Wildman–Crippen LogP) is 3.44. The Kier molecular flexibility index (Phi) is 4.55. The fourth-order valence-electron chi connectivity index (χ4n) is 4.81. The van der Waals surface area contributed by atoms with E-state index >= 15 is 0 Å². The molecule has 154 valence electrons. The lowest BCUT2D eigenvalue weighted by Gasteiger charge is -2.29. The van der Waals surface area contributed by atoms with E-state index in [-0.39, 0.29) is 34.3 Å². The molecule has 0 spiro atoms. The van der Waals surface area contributed by atoms with Crippen LogP contribution >= 0.6 is 23.2 Å². The van der Waals surface area contributed by atoms with Gasteiger partial charge in [-0.05, 0) is 36.2 Å². The van der Waals surface area contributed by atoms with Crippen LogP contribution in [0.4, 0.5) is 11.4 Å². The number of nitrogens with zero attached hydrogens (tertiary/aromatic N) is 4. The van der Waals surface area contributed by atoms with Crippen molar-refractivity contribution in [3.8, 4) is 0 Å². The average molecular weight is 447 g/mol. The number of halogens is 2. The van der Waals surface area contributed by atoms with E-state index in [0.717, 1.165) is 23.4 Å². The van der Waals surface area contributed by atoms with Crippen LogP contribution in [0.5, 0.6) is 0 Å². The molecule has 2 aromatic rings. The number of hydrogen-bond donors (Lipinski definition) is 0. The van der Waals surface area contributed by atoms with Crippen LogP contribution < -0.4 is 4.90 Å². The van der Waals surface area contributed by atoms with Crippen molar-refractivity contribution in [1.29, 1.82) is 0 Å². The first kappa shape index (κ1) is 19.4. The Balaban J connectivity index is 1.58. The molecular formula is C20H16Cl2N4O4. The first-order chi connectivity index (χ1) is 14.4. The van der Waals surface area contributed by atoms with Crippen LogP contribution in [0, 0.1) is 16.0 Å². The molecule has 0 bridgehead atoms. The van der Waals surface area contributed by atoms with Crippen LogP contribution in [0.25, 0.3) is 0 Å². The number of hydrogen-bond acceptors (Lipinski definition) is 6. The average Bonchev–Trinajstić information content (AvgIpc) is 3.36. The summed E-state index contributed by atoms with van der Waals surface area (Å²) in [5, 5.41) is 15.9. The Labute approximate surface area is 181 Å². The lowest BCUT2D eigenvalue weighted by atomic mass is 9.90. The van der Waals surface area contributed by atoms with Crippen molar-refractivity contribution in [2.24, 2.45) is 5.92 Å². The van der Waals surface area contributed by atoms with Crippen molar-refractivity contribution in [3.05, 3.63) is 68.2 Å². The van der Waals surface area contributed by atoms with Gasteiger partial charge in [-0.3, -0.25) is 19.7 Å². The molecule has 3 atom stereocenters. The Morgan fingerprint density at radius 2 is 1.60 bits per heavy atom. The fraction of sp³-hybridized carbons (Fsp3) is 0.300. The fourth-order valence-corrected chi connectivity index (χ4v) is 5.12. The van der Waals surface area contributed by atoms with Crippen molar-refractivity contribution in [3.63, 3.8) is 0 Å². The Morgan fingerprint density at radius 3 is 2.27 bits per heavy atom. The van der Waals surface area contributed by atoms with Crippen molar-refractivity contribution >= 4 is 46.4 Å². The zero-order valence-corrected chi connectivity index (χ0v) is 17.1. The molecule has 2 amide bonds. The number of benzene rings is 2. The van der Waals surface area contributed by atoms with Crippen molar-refractivity contribution in [1.82, 2.24) is 10.0 Å². The highest BCUT2D eigenvalue weighted by molar-refractivity contribution is 6.33. The molecule has 3 aliphatic rings. The number of nitro benzene ring substituents is 1. The molecule has 3 aliphatic heterocycles. The van der Waals surface area contributed by atoms with Crippen LogP contribution in [0.2, 0.25) is 10.0 Å². The molecule has 0 aliphatic carbocycles. The lowest BCUT2D eigenvalue weighted by Crippen LogP contribution is -2.44. The molecule has 30 heavy (non-hydrogen) atoms. The highest BCUT2D eigenvalue weighted by Crippen LogP contribution is 2.49. The number of fused-ring (bicyclic) bond motifs is 3. The normalized spacial score (nSPS) is 26.3. The molecule has 0 aromatic heterocycles. The molecule has 10 heteroatoms. The standard InChI is InChI=1S/C20H16Cl2N4O4/c21-12-4-2-11(3-5-12)17-16-18(24-9-1-8-23(17)24)20(28)25(19(16)27)13-6-7-14(22)15(10-13)26(29)30/h2-7,10,16-18H,1,8-9H2/t16-,17-,18+/m0/s1. The maximum absolute atomic E-state index is 13.5.